The highest BCUT2D eigenvalue weighted by Crippen LogP contribution is 2.00. The molecule has 1 heterocycles. The first-order valence-electron chi connectivity index (χ1n) is 3.22. The summed E-state index contributed by atoms with van der Waals surface area (Å²) in [5.41, 5.74) is -0.170. The molecule has 0 atom stereocenters. The number of nitrogens with one attached hydrogen (secondary N) is 2. The maximum absolute atomic E-state index is 10.9. The molecule has 0 aliphatic rings. The van der Waals surface area contributed by atoms with Crippen molar-refractivity contribution in [1.82, 2.24) is 9.97 Å². The van der Waals surface area contributed by atoms with Crippen LogP contribution in [0.25, 0.3) is 0 Å². The molecule has 11 heavy (non-hydrogen) atoms. The van der Waals surface area contributed by atoms with Crippen LogP contribution in [-0.2, 0) is 0 Å². The number of halogens is 1. The molecule has 1 rings (SSSR count). The number of rotatable bonds is 2. The van der Waals surface area contributed by atoms with Gasteiger partial charge >= 0.3 is 0 Å². The predicted molar refractivity (Wildman–Crippen MR) is 46.7 cm³/mol. The van der Waals surface area contributed by atoms with E-state index in [1.54, 1.807) is 0 Å². The van der Waals surface area contributed by atoms with E-state index in [1.165, 1.54) is 6.20 Å². The van der Waals surface area contributed by atoms with Crippen LogP contribution in [0.4, 0.5) is 5.95 Å². The quantitative estimate of drug-likeness (QED) is 0.777. The first-order chi connectivity index (χ1) is 5.24. The summed E-state index contributed by atoms with van der Waals surface area (Å²) in [6.07, 6.45) is 1.47. The highest BCUT2D eigenvalue weighted by Gasteiger charge is 1.95. The van der Waals surface area contributed by atoms with Crippen LogP contribution in [0.1, 0.15) is 6.92 Å². The Bertz CT molecular complexity index is 296. The molecule has 1 aromatic rings. The number of aromatic amines is 1. The predicted octanol–water partition coefficient (Wildman–Crippen LogP) is 0.964. The van der Waals surface area contributed by atoms with E-state index in [1.807, 2.05) is 6.92 Å². The Balaban J connectivity index is 2.96. The van der Waals surface area contributed by atoms with Crippen LogP contribution in [0.2, 0.25) is 0 Å². The Hall–Kier alpha value is -0.840. The van der Waals surface area contributed by atoms with Gasteiger partial charge < -0.3 is 5.32 Å². The van der Waals surface area contributed by atoms with Crippen molar-refractivity contribution in [2.24, 2.45) is 0 Å². The molecule has 0 spiro atoms. The minimum atomic E-state index is -0.170. The van der Waals surface area contributed by atoms with Crippen LogP contribution in [0.15, 0.2) is 15.5 Å². The van der Waals surface area contributed by atoms with E-state index in [4.69, 9.17) is 0 Å². The van der Waals surface area contributed by atoms with Crippen molar-refractivity contribution in [2.75, 3.05) is 11.9 Å². The van der Waals surface area contributed by atoms with E-state index in [-0.39, 0.29) is 5.56 Å². The number of nitrogens with zero attached hydrogens (tertiary/aromatic N) is 1. The molecule has 0 aromatic carbocycles. The number of anilines is 1. The van der Waals surface area contributed by atoms with Crippen molar-refractivity contribution >= 4 is 21.9 Å². The molecular formula is C6H8BrN3O. The first-order valence-corrected chi connectivity index (χ1v) is 4.02. The highest BCUT2D eigenvalue weighted by atomic mass is 79.9. The van der Waals surface area contributed by atoms with Crippen molar-refractivity contribution in [3.8, 4) is 0 Å². The third-order valence-electron chi connectivity index (χ3n) is 1.10. The van der Waals surface area contributed by atoms with E-state index >= 15 is 0 Å². The van der Waals surface area contributed by atoms with Gasteiger partial charge in [-0.05, 0) is 22.9 Å². The van der Waals surface area contributed by atoms with Crippen LogP contribution < -0.4 is 10.9 Å². The molecule has 0 unspecified atom stereocenters. The molecule has 60 valence electrons. The van der Waals surface area contributed by atoms with Crippen LogP contribution in [-0.4, -0.2) is 16.5 Å². The summed E-state index contributed by atoms with van der Waals surface area (Å²) in [4.78, 5) is 17.4. The van der Waals surface area contributed by atoms with Crippen molar-refractivity contribution in [3.63, 3.8) is 0 Å². The molecule has 0 saturated carbocycles. The molecule has 2 N–H and O–H groups in total. The molecule has 0 aliphatic heterocycles. The lowest BCUT2D eigenvalue weighted by atomic mass is 10.6. The van der Waals surface area contributed by atoms with E-state index in [0.29, 0.717) is 10.4 Å². The normalized spacial score (nSPS) is 9.64. The van der Waals surface area contributed by atoms with E-state index < -0.39 is 0 Å². The van der Waals surface area contributed by atoms with Crippen molar-refractivity contribution in [2.45, 2.75) is 6.92 Å². The van der Waals surface area contributed by atoms with E-state index in [9.17, 15) is 4.79 Å². The Morgan fingerprint density at radius 2 is 2.55 bits per heavy atom. The Morgan fingerprint density at radius 1 is 1.82 bits per heavy atom. The number of H-pyrrole nitrogens is 1. The van der Waals surface area contributed by atoms with Gasteiger partial charge in [0, 0.05) is 6.54 Å². The lowest BCUT2D eigenvalue weighted by molar-refractivity contribution is 1.05. The molecule has 0 bridgehead atoms. The fourth-order valence-electron chi connectivity index (χ4n) is 0.637. The minimum Gasteiger partial charge on any atom is -0.356 e. The highest BCUT2D eigenvalue weighted by molar-refractivity contribution is 9.10. The van der Waals surface area contributed by atoms with Crippen molar-refractivity contribution in [3.05, 3.63) is 21.0 Å². The number of hydrogen-bond donors (Lipinski definition) is 2. The second-order valence-corrected chi connectivity index (χ2v) is 2.79. The van der Waals surface area contributed by atoms with Crippen LogP contribution in [0.3, 0.4) is 0 Å². The lowest BCUT2D eigenvalue weighted by Crippen LogP contribution is -2.12. The van der Waals surface area contributed by atoms with Gasteiger partial charge in [0.25, 0.3) is 5.56 Å². The smallest absolute Gasteiger partial charge is 0.266 e. The molecule has 0 amide bonds. The summed E-state index contributed by atoms with van der Waals surface area (Å²) in [7, 11) is 0. The molecule has 0 saturated heterocycles. The minimum absolute atomic E-state index is 0.170. The third-order valence-corrected chi connectivity index (χ3v) is 1.66. The van der Waals surface area contributed by atoms with Crippen LogP contribution in [0.5, 0.6) is 0 Å². The zero-order valence-electron chi connectivity index (χ0n) is 6.02. The SMILES string of the molecule is CCNc1ncc(Br)c(=O)[nH]1. The first kappa shape index (κ1) is 8.26. The van der Waals surface area contributed by atoms with E-state index in [0.717, 1.165) is 6.54 Å². The van der Waals surface area contributed by atoms with Gasteiger partial charge in [0.15, 0.2) is 0 Å². The van der Waals surface area contributed by atoms with Gasteiger partial charge in [-0.2, -0.15) is 0 Å². The summed E-state index contributed by atoms with van der Waals surface area (Å²) in [5.74, 6) is 0.501. The van der Waals surface area contributed by atoms with Crippen molar-refractivity contribution in [1.29, 1.82) is 0 Å². The fraction of sp³-hybridized carbons (Fsp3) is 0.333. The molecule has 5 heteroatoms. The van der Waals surface area contributed by atoms with Gasteiger partial charge in [0.2, 0.25) is 5.95 Å². The lowest BCUT2D eigenvalue weighted by Gasteiger charge is -1.99. The van der Waals surface area contributed by atoms with Gasteiger partial charge in [-0.3, -0.25) is 9.78 Å². The van der Waals surface area contributed by atoms with Gasteiger partial charge in [0.1, 0.15) is 4.47 Å². The summed E-state index contributed by atoms with van der Waals surface area (Å²) in [6, 6.07) is 0. The maximum atomic E-state index is 10.9. The number of hydrogen-bond acceptors (Lipinski definition) is 3. The maximum Gasteiger partial charge on any atom is 0.266 e. The average Bonchev–Trinajstić information content (AvgIpc) is 1.98. The van der Waals surface area contributed by atoms with Crippen LogP contribution in [0, 0.1) is 0 Å². The summed E-state index contributed by atoms with van der Waals surface area (Å²) >= 11 is 3.05. The third kappa shape index (κ3) is 2.04. The summed E-state index contributed by atoms with van der Waals surface area (Å²) in [6.45, 7) is 2.67. The molecule has 4 nitrogen and oxygen atoms in total. The largest absolute Gasteiger partial charge is 0.356 e. The molecule has 1 aromatic heterocycles. The Morgan fingerprint density at radius 3 is 3.09 bits per heavy atom. The standard InChI is InChI=1S/C6H8BrN3O/c1-2-8-6-9-3-4(7)5(11)10-6/h3H,2H2,1H3,(H2,8,9,10,11). The average molecular weight is 218 g/mol. The molecule has 0 radical (unpaired) electrons. The Kier molecular flexibility index (Phi) is 2.64. The zero-order valence-corrected chi connectivity index (χ0v) is 7.60. The Labute approximate surface area is 72.2 Å². The fourth-order valence-corrected chi connectivity index (χ4v) is 0.838. The molecule has 0 fully saturated rings. The van der Waals surface area contributed by atoms with Gasteiger partial charge in [-0.25, -0.2) is 4.98 Å². The monoisotopic (exact) mass is 217 g/mol. The van der Waals surface area contributed by atoms with Gasteiger partial charge in [0.05, 0.1) is 6.20 Å². The summed E-state index contributed by atoms with van der Waals surface area (Å²) < 4.78 is 0.444. The second kappa shape index (κ2) is 3.52. The number of aromatic nitrogens is 2. The second-order valence-electron chi connectivity index (χ2n) is 1.94. The van der Waals surface area contributed by atoms with Crippen LogP contribution >= 0.6 is 15.9 Å². The van der Waals surface area contributed by atoms with Gasteiger partial charge in [-0.1, -0.05) is 0 Å². The molecule has 0 aliphatic carbocycles. The van der Waals surface area contributed by atoms with E-state index in [2.05, 4.69) is 31.2 Å². The zero-order chi connectivity index (χ0) is 8.27. The summed E-state index contributed by atoms with van der Waals surface area (Å²) in [5, 5.41) is 2.89. The molecular weight excluding hydrogens is 210 g/mol. The van der Waals surface area contributed by atoms with Crippen molar-refractivity contribution < 1.29 is 0 Å². The van der Waals surface area contributed by atoms with Gasteiger partial charge in [-0.15, -0.1) is 0 Å². The topological polar surface area (TPSA) is 57.8 Å².